The van der Waals surface area contributed by atoms with Crippen molar-refractivity contribution in [1.82, 2.24) is 5.32 Å². The van der Waals surface area contributed by atoms with Crippen molar-refractivity contribution in [2.24, 2.45) is 0 Å². The van der Waals surface area contributed by atoms with E-state index in [1.165, 1.54) is 148 Å². The lowest BCUT2D eigenvalue weighted by atomic mass is 10.0. The first kappa shape index (κ1) is 58.1. The minimum absolute atomic E-state index is 0.0671. The molecule has 60 heavy (non-hydrogen) atoms. The Morgan fingerprint density at radius 1 is 0.483 bits per heavy atom. The summed E-state index contributed by atoms with van der Waals surface area (Å²) in [6, 6.07) is -0.705. The van der Waals surface area contributed by atoms with Gasteiger partial charge in [0.15, 0.2) is 0 Å². The van der Waals surface area contributed by atoms with Gasteiger partial charge < -0.3 is 20.3 Å². The minimum Gasteiger partial charge on any atom is -0.462 e. The quantitative estimate of drug-likeness (QED) is 0.0322. The summed E-state index contributed by atoms with van der Waals surface area (Å²) < 4.78 is 5.92. The van der Waals surface area contributed by atoms with Crippen molar-refractivity contribution in [1.29, 1.82) is 0 Å². The number of ether oxygens (including phenoxy) is 1. The number of aliphatic hydroxyl groups is 2. The highest BCUT2D eigenvalue weighted by molar-refractivity contribution is 5.77. The van der Waals surface area contributed by atoms with Crippen molar-refractivity contribution < 1.29 is 24.5 Å². The number of nitrogens with one attached hydrogen (secondary N) is 1. The number of allylic oxidation sites excluding steroid dienone is 6. The van der Waals surface area contributed by atoms with Gasteiger partial charge >= 0.3 is 5.97 Å². The second-order valence-corrected chi connectivity index (χ2v) is 17.9. The molecule has 0 heterocycles. The highest BCUT2D eigenvalue weighted by Crippen LogP contribution is 2.18. The lowest BCUT2D eigenvalue weighted by Crippen LogP contribution is -2.46. The second kappa shape index (κ2) is 48.1. The fourth-order valence-corrected chi connectivity index (χ4v) is 7.93. The molecule has 0 radical (unpaired) electrons. The van der Waals surface area contributed by atoms with Crippen molar-refractivity contribution >= 4 is 11.9 Å². The van der Waals surface area contributed by atoms with E-state index in [2.05, 4.69) is 62.5 Å². The topological polar surface area (TPSA) is 95.9 Å². The molecule has 0 aliphatic heterocycles. The van der Waals surface area contributed by atoms with E-state index in [9.17, 15) is 19.8 Å². The Morgan fingerprint density at radius 3 is 1.32 bits per heavy atom. The first-order valence-corrected chi connectivity index (χ1v) is 26.2. The third-order valence-electron chi connectivity index (χ3n) is 11.9. The summed E-state index contributed by atoms with van der Waals surface area (Å²) in [5, 5.41) is 23.8. The smallest absolute Gasteiger partial charge is 0.306 e. The van der Waals surface area contributed by atoms with Crippen LogP contribution < -0.4 is 5.32 Å². The van der Waals surface area contributed by atoms with E-state index in [4.69, 9.17) is 4.74 Å². The van der Waals surface area contributed by atoms with E-state index in [0.29, 0.717) is 19.3 Å². The zero-order chi connectivity index (χ0) is 43.8. The van der Waals surface area contributed by atoms with Gasteiger partial charge in [-0.05, 0) is 83.5 Å². The molecule has 0 bridgehead atoms. The largest absolute Gasteiger partial charge is 0.462 e. The van der Waals surface area contributed by atoms with Gasteiger partial charge in [0.1, 0.15) is 6.10 Å². The third-order valence-corrected chi connectivity index (χ3v) is 11.9. The lowest BCUT2D eigenvalue weighted by molar-refractivity contribution is -0.151. The predicted molar refractivity (Wildman–Crippen MR) is 259 cm³/mol. The number of amides is 1. The molecule has 0 spiro atoms. The molecule has 0 saturated carbocycles. The number of aliphatic hydroxyl groups excluding tert-OH is 2. The number of esters is 1. The monoisotopic (exact) mass is 844 g/mol. The maximum absolute atomic E-state index is 13.2. The zero-order valence-electron chi connectivity index (χ0n) is 40.1. The van der Waals surface area contributed by atoms with Crippen LogP contribution in [0.15, 0.2) is 36.5 Å². The molecule has 0 rings (SSSR count). The Kier molecular flexibility index (Phi) is 46.6. The molecule has 0 aromatic carbocycles. The van der Waals surface area contributed by atoms with E-state index in [1.807, 2.05) is 0 Å². The van der Waals surface area contributed by atoms with Crippen LogP contribution in [-0.4, -0.2) is 46.9 Å². The van der Waals surface area contributed by atoms with Gasteiger partial charge in [0, 0.05) is 6.42 Å². The molecule has 3 N–H and O–H groups in total. The molecule has 0 aromatic heterocycles. The first-order valence-electron chi connectivity index (χ1n) is 26.2. The molecule has 3 atom stereocenters. The van der Waals surface area contributed by atoms with Crippen LogP contribution in [0.3, 0.4) is 0 Å². The Morgan fingerprint density at radius 2 is 0.850 bits per heavy atom. The van der Waals surface area contributed by atoms with Crippen LogP contribution in [-0.2, 0) is 14.3 Å². The van der Waals surface area contributed by atoms with Crippen LogP contribution in [0.4, 0.5) is 0 Å². The summed E-state index contributed by atoms with van der Waals surface area (Å²) >= 11 is 0. The van der Waals surface area contributed by atoms with Gasteiger partial charge in [-0.2, -0.15) is 0 Å². The van der Waals surface area contributed by atoms with Gasteiger partial charge in [-0.3, -0.25) is 9.59 Å². The van der Waals surface area contributed by atoms with Crippen LogP contribution in [0.25, 0.3) is 0 Å². The van der Waals surface area contributed by atoms with Crippen molar-refractivity contribution in [2.75, 3.05) is 6.61 Å². The molecule has 0 aromatic rings. The van der Waals surface area contributed by atoms with Crippen LogP contribution in [0.2, 0.25) is 0 Å². The predicted octanol–water partition coefficient (Wildman–Crippen LogP) is 15.7. The van der Waals surface area contributed by atoms with Crippen LogP contribution >= 0.6 is 0 Å². The highest BCUT2D eigenvalue weighted by atomic mass is 16.5. The van der Waals surface area contributed by atoms with Gasteiger partial charge in [-0.15, -0.1) is 0 Å². The van der Waals surface area contributed by atoms with Gasteiger partial charge in [0.05, 0.1) is 25.2 Å². The average Bonchev–Trinajstić information content (AvgIpc) is 3.24. The molecule has 0 saturated heterocycles. The summed E-state index contributed by atoms with van der Waals surface area (Å²) in [5.74, 6) is -0.490. The number of unbranched alkanes of at least 4 members (excludes halogenated alkanes) is 29. The maximum atomic E-state index is 13.2. The summed E-state index contributed by atoms with van der Waals surface area (Å²) in [4.78, 5) is 26.1. The lowest BCUT2D eigenvalue weighted by Gasteiger charge is -2.24. The van der Waals surface area contributed by atoms with E-state index >= 15 is 0 Å². The van der Waals surface area contributed by atoms with Crippen LogP contribution in [0.5, 0.6) is 0 Å². The molecule has 0 fully saturated rings. The van der Waals surface area contributed by atoms with Gasteiger partial charge in [0.25, 0.3) is 0 Å². The Labute approximate surface area is 373 Å². The standard InChI is InChI=1S/C54H101NO5/c1-4-7-10-13-16-19-22-25-27-28-30-33-36-39-42-45-50(60-54(59)47-44-41-38-35-32-24-21-18-15-12-9-6-3)48-53(58)55-51(49-56)52(57)46-43-40-37-34-31-29-26-23-20-17-14-11-8-5-2/h16,18-19,21,25,27,50-52,56-57H,4-15,17,20,22-24,26,28-49H2,1-3H3,(H,55,58)/b19-16-,21-18-,27-25-. The molecular formula is C54H101NO5. The fraction of sp³-hybridized carbons (Fsp3) is 0.852. The second-order valence-electron chi connectivity index (χ2n) is 17.9. The Balaban J connectivity index is 4.59. The number of hydrogen-bond acceptors (Lipinski definition) is 5. The highest BCUT2D eigenvalue weighted by Gasteiger charge is 2.24. The van der Waals surface area contributed by atoms with E-state index in [-0.39, 0.29) is 24.9 Å². The van der Waals surface area contributed by atoms with Crippen molar-refractivity contribution in [3.05, 3.63) is 36.5 Å². The molecule has 0 aliphatic rings. The molecule has 0 aliphatic carbocycles. The summed E-state index contributed by atoms with van der Waals surface area (Å²) in [6.45, 7) is 6.44. The Bertz CT molecular complexity index is 993. The van der Waals surface area contributed by atoms with Crippen LogP contribution in [0, 0.1) is 0 Å². The molecule has 352 valence electrons. The first-order chi connectivity index (χ1) is 29.5. The summed E-state index contributed by atoms with van der Waals surface area (Å²) in [7, 11) is 0. The number of carbonyl (C=O) groups excluding carboxylic acids is 2. The number of carbonyl (C=O) groups is 2. The zero-order valence-corrected chi connectivity index (χ0v) is 40.1. The normalized spacial score (nSPS) is 13.5. The van der Waals surface area contributed by atoms with Crippen LogP contribution in [0.1, 0.15) is 271 Å². The Hall–Kier alpha value is -1.92. The SMILES string of the molecule is CCCCC/C=C\C/C=C\CCCCCCCC(CC(=O)NC(CO)C(O)CCCCCCCCCCCCCCCC)OC(=O)CCCCCCC/C=C\CCCCC. The minimum atomic E-state index is -0.791. The number of hydrogen-bond donors (Lipinski definition) is 3. The molecule has 6 heteroatoms. The fourth-order valence-electron chi connectivity index (χ4n) is 7.93. The average molecular weight is 844 g/mol. The molecular weight excluding hydrogens is 743 g/mol. The van der Waals surface area contributed by atoms with Gasteiger partial charge in [-0.25, -0.2) is 0 Å². The molecule has 1 amide bonds. The number of rotatable bonds is 47. The van der Waals surface area contributed by atoms with E-state index in [1.54, 1.807) is 0 Å². The van der Waals surface area contributed by atoms with Gasteiger partial charge in [-0.1, -0.05) is 211 Å². The third kappa shape index (κ3) is 42.8. The van der Waals surface area contributed by atoms with Crippen molar-refractivity contribution in [3.8, 4) is 0 Å². The maximum Gasteiger partial charge on any atom is 0.306 e. The van der Waals surface area contributed by atoms with Gasteiger partial charge in [0.2, 0.25) is 5.91 Å². The molecule has 3 unspecified atom stereocenters. The van der Waals surface area contributed by atoms with Crippen molar-refractivity contribution in [2.45, 2.75) is 289 Å². The van der Waals surface area contributed by atoms with E-state index < -0.39 is 18.2 Å². The summed E-state index contributed by atoms with van der Waals surface area (Å²) in [5.41, 5.74) is 0. The van der Waals surface area contributed by atoms with Crippen molar-refractivity contribution in [3.63, 3.8) is 0 Å². The summed E-state index contributed by atoms with van der Waals surface area (Å²) in [6.07, 6.45) is 56.3. The molecule has 6 nitrogen and oxygen atoms in total. The van der Waals surface area contributed by atoms with E-state index in [0.717, 1.165) is 77.0 Å².